The molecule has 1 aliphatic rings. The summed E-state index contributed by atoms with van der Waals surface area (Å²) in [5.74, 6) is -0.748. The molecule has 0 aliphatic heterocycles. The third-order valence-electron chi connectivity index (χ3n) is 3.55. The number of aryl methyl sites for hydroxylation is 2. The lowest BCUT2D eigenvalue weighted by Crippen LogP contribution is -2.36. The molecular formula is C14H18NO2. The number of fused-ring (bicyclic) bond motifs is 1. The van der Waals surface area contributed by atoms with Crippen LogP contribution in [0, 0.1) is 6.07 Å². The molecule has 91 valence electrons. The van der Waals surface area contributed by atoms with Crippen molar-refractivity contribution in [3.8, 4) is 0 Å². The van der Waals surface area contributed by atoms with E-state index in [1.54, 1.807) is 0 Å². The maximum Gasteiger partial charge on any atom is 0.317 e. The molecule has 0 spiro atoms. The standard InChI is InChI=1S/C14H18NO2/c1-15(10-14(16)17)13-8-6-11-4-2-3-5-12(11)7-9-13/h2,4-5,13H,6-10H2,1H3,(H,16,17). The van der Waals surface area contributed by atoms with Crippen LogP contribution in [0.15, 0.2) is 18.2 Å². The van der Waals surface area contributed by atoms with Crippen molar-refractivity contribution in [2.75, 3.05) is 13.6 Å². The Hall–Kier alpha value is -1.35. The summed E-state index contributed by atoms with van der Waals surface area (Å²) in [6, 6.07) is 9.65. The minimum Gasteiger partial charge on any atom is -0.480 e. The normalized spacial score (nSPS) is 16.6. The molecule has 1 aromatic carbocycles. The predicted octanol–water partition coefficient (Wildman–Crippen LogP) is 1.75. The highest BCUT2D eigenvalue weighted by molar-refractivity contribution is 5.69. The highest BCUT2D eigenvalue weighted by Crippen LogP contribution is 2.22. The van der Waals surface area contributed by atoms with Crippen LogP contribution >= 0.6 is 0 Å². The van der Waals surface area contributed by atoms with E-state index in [-0.39, 0.29) is 6.54 Å². The zero-order valence-corrected chi connectivity index (χ0v) is 10.1. The lowest BCUT2D eigenvalue weighted by Gasteiger charge is -2.25. The molecule has 0 amide bonds. The third-order valence-corrected chi connectivity index (χ3v) is 3.55. The Morgan fingerprint density at radius 3 is 2.88 bits per heavy atom. The second kappa shape index (κ2) is 5.32. The number of benzene rings is 1. The Balaban J connectivity index is 2.01. The zero-order valence-electron chi connectivity index (χ0n) is 10.1. The molecule has 0 aromatic heterocycles. The zero-order chi connectivity index (χ0) is 12.3. The van der Waals surface area contributed by atoms with E-state index in [9.17, 15) is 4.79 Å². The predicted molar refractivity (Wildman–Crippen MR) is 66.0 cm³/mol. The number of rotatable bonds is 3. The van der Waals surface area contributed by atoms with Crippen molar-refractivity contribution in [1.29, 1.82) is 0 Å². The summed E-state index contributed by atoms with van der Waals surface area (Å²) < 4.78 is 0. The summed E-state index contributed by atoms with van der Waals surface area (Å²) >= 11 is 0. The van der Waals surface area contributed by atoms with E-state index in [4.69, 9.17) is 5.11 Å². The molecule has 17 heavy (non-hydrogen) atoms. The van der Waals surface area contributed by atoms with E-state index in [1.807, 2.05) is 18.0 Å². The molecule has 3 heteroatoms. The number of hydrogen-bond acceptors (Lipinski definition) is 2. The summed E-state index contributed by atoms with van der Waals surface area (Å²) in [5, 5.41) is 8.81. The number of likely N-dealkylation sites (N-methyl/N-ethyl adjacent to an activating group) is 1. The van der Waals surface area contributed by atoms with Gasteiger partial charge in [0, 0.05) is 6.04 Å². The van der Waals surface area contributed by atoms with Crippen LogP contribution < -0.4 is 0 Å². The average molecular weight is 232 g/mol. The van der Waals surface area contributed by atoms with Crippen molar-refractivity contribution >= 4 is 5.97 Å². The van der Waals surface area contributed by atoms with Gasteiger partial charge in [0.2, 0.25) is 0 Å². The van der Waals surface area contributed by atoms with Gasteiger partial charge in [0.25, 0.3) is 0 Å². The van der Waals surface area contributed by atoms with E-state index in [1.165, 1.54) is 11.1 Å². The molecule has 1 aliphatic carbocycles. The van der Waals surface area contributed by atoms with Crippen LogP contribution in [-0.4, -0.2) is 35.6 Å². The van der Waals surface area contributed by atoms with E-state index in [0.717, 1.165) is 25.7 Å². The quantitative estimate of drug-likeness (QED) is 0.807. The Bertz CT molecular complexity index is 376. The second-order valence-electron chi connectivity index (χ2n) is 4.73. The van der Waals surface area contributed by atoms with Crippen molar-refractivity contribution in [2.45, 2.75) is 31.7 Å². The monoisotopic (exact) mass is 232 g/mol. The fraction of sp³-hybridized carbons (Fsp3) is 0.500. The smallest absolute Gasteiger partial charge is 0.317 e. The van der Waals surface area contributed by atoms with E-state index >= 15 is 0 Å². The van der Waals surface area contributed by atoms with E-state index < -0.39 is 5.97 Å². The van der Waals surface area contributed by atoms with Crippen LogP contribution in [0.25, 0.3) is 0 Å². The molecule has 1 N–H and O–H groups in total. The minimum atomic E-state index is -0.748. The van der Waals surface area contributed by atoms with Crippen molar-refractivity contribution in [1.82, 2.24) is 4.90 Å². The summed E-state index contributed by atoms with van der Waals surface area (Å²) in [4.78, 5) is 12.7. The van der Waals surface area contributed by atoms with Crippen LogP contribution in [0.1, 0.15) is 24.0 Å². The first kappa shape index (κ1) is 12.1. The average Bonchev–Trinajstić information content (AvgIpc) is 2.50. The molecule has 1 unspecified atom stereocenters. The second-order valence-corrected chi connectivity index (χ2v) is 4.73. The Morgan fingerprint density at radius 1 is 1.47 bits per heavy atom. The fourth-order valence-electron chi connectivity index (χ4n) is 2.55. The first-order valence-electron chi connectivity index (χ1n) is 6.06. The topological polar surface area (TPSA) is 40.5 Å². The number of carboxylic acid groups (broad SMARTS) is 1. The van der Waals surface area contributed by atoms with E-state index in [2.05, 4.69) is 18.2 Å². The van der Waals surface area contributed by atoms with Gasteiger partial charge in [-0.1, -0.05) is 18.2 Å². The first-order valence-corrected chi connectivity index (χ1v) is 6.06. The lowest BCUT2D eigenvalue weighted by atomic mass is 10.0. The van der Waals surface area contributed by atoms with Crippen LogP contribution in [-0.2, 0) is 17.6 Å². The minimum absolute atomic E-state index is 0.132. The van der Waals surface area contributed by atoms with Gasteiger partial charge in [0.1, 0.15) is 0 Å². The molecule has 1 radical (unpaired) electrons. The molecule has 1 aromatic rings. The van der Waals surface area contributed by atoms with Gasteiger partial charge in [-0.15, -0.1) is 0 Å². The highest BCUT2D eigenvalue weighted by atomic mass is 16.4. The maximum absolute atomic E-state index is 10.7. The number of nitrogens with zero attached hydrogens (tertiary/aromatic N) is 1. The summed E-state index contributed by atoms with van der Waals surface area (Å²) in [6.07, 6.45) is 4.15. The Labute approximate surface area is 102 Å². The van der Waals surface area contributed by atoms with Crippen LogP contribution in [0.2, 0.25) is 0 Å². The number of carboxylic acids is 1. The van der Waals surface area contributed by atoms with Crippen molar-refractivity contribution < 1.29 is 9.90 Å². The summed E-state index contributed by atoms with van der Waals surface area (Å²) in [6.45, 7) is 0.132. The van der Waals surface area contributed by atoms with Crippen molar-refractivity contribution in [2.24, 2.45) is 0 Å². The number of hydrogen-bond donors (Lipinski definition) is 1. The third kappa shape index (κ3) is 3.07. The van der Waals surface area contributed by atoms with Gasteiger partial charge in [-0.25, -0.2) is 0 Å². The van der Waals surface area contributed by atoms with Gasteiger partial charge in [-0.05, 0) is 49.9 Å². The summed E-state index contributed by atoms with van der Waals surface area (Å²) in [7, 11) is 1.90. The molecule has 1 atom stereocenters. The maximum atomic E-state index is 10.7. The molecular weight excluding hydrogens is 214 g/mol. The van der Waals surface area contributed by atoms with Crippen LogP contribution in [0.3, 0.4) is 0 Å². The number of aliphatic carboxylic acids is 1. The first-order chi connectivity index (χ1) is 8.16. The van der Waals surface area contributed by atoms with Gasteiger partial charge in [0.05, 0.1) is 6.54 Å². The molecule has 3 nitrogen and oxygen atoms in total. The molecule has 2 rings (SSSR count). The molecule has 0 saturated carbocycles. The van der Waals surface area contributed by atoms with Gasteiger partial charge >= 0.3 is 5.97 Å². The van der Waals surface area contributed by atoms with Crippen molar-refractivity contribution in [3.05, 3.63) is 35.4 Å². The van der Waals surface area contributed by atoms with Crippen molar-refractivity contribution in [3.63, 3.8) is 0 Å². The molecule has 0 bridgehead atoms. The van der Waals surface area contributed by atoms with Gasteiger partial charge < -0.3 is 5.11 Å². The van der Waals surface area contributed by atoms with Crippen LogP contribution in [0.5, 0.6) is 0 Å². The summed E-state index contributed by atoms with van der Waals surface area (Å²) in [5.41, 5.74) is 2.77. The SMILES string of the molecule is CN(CC(=O)O)C1CCc2c[c]ccc2CC1. The molecule has 0 fully saturated rings. The van der Waals surface area contributed by atoms with E-state index in [0.29, 0.717) is 6.04 Å². The highest BCUT2D eigenvalue weighted by Gasteiger charge is 2.20. The van der Waals surface area contributed by atoms with Gasteiger partial charge in [0.15, 0.2) is 0 Å². The largest absolute Gasteiger partial charge is 0.480 e. The fourth-order valence-corrected chi connectivity index (χ4v) is 2.55. The lowest BCUT2D eigenvalue weighted by molar-refractivity contribution is -0.138. The Morgan fingerprint density at radius 2 is 2.18 bits per heavy atom. The van der Waals surface area contributed by atoms with Gasteiger partial charge in [-0.2, -0.15) is 0 Å². The van der Waals surface area contributed by atoms with Crippen LogP contribution in [0.4, 0.5) is 0 Å². The Kier molecular flexibility index (Phi) is 3.79. The van der Waals surface area contributed by atoms with Gasteiger partial charge in [-0.3, -0.25) is 9.69 Å². The molecule has 0 heterocycles. The molecule has 0 saturated heterocycles. The number of carbonyl (C=O) groups is 1.